The molecule has 0 aliphatic carbocycles. The van der Waals surface area contributed by atoms with Crippen LogP contribution < -0.4 is 10.1 Å². The van der Waals surface area contributed by atoms with E-state index in [1.165, 1.54) is 11.8 Å². The molecular formula is C20H24N2O2S2. The molecule has 1 amide bonds. The third-order valence-electron chi connectivity index (χ3n) is 3.92. The summed E-state index contributed by atoms with van der Waals surface area (Å²) < 4.78 is 5.95. The molecule has 0 bridgehead atoms. The summed E-state index contributed by atoms with van der Waals surface area (Å²) in [6.07, 6.45) is 0. The number of thiocarbonyl (C=S) groups is 1. The molecule has 6 heteroatoms. The lowest BCUT2D eigenvalue weighted by molar-refractivity contribution is -0.115. The van der Waals surface area contributed by atoms with Gasteiger partial charge in [0.2, 0.25) is 5.91 Å². The fourth-order valence-electron chi connectivity index (χ4n) is 2.47. The van der Waals surface area contributed by atoms with E-state index >= 15 is 0 Å². The van der Waals surface area contributed by atoms with Crippen molar-refractivity contribution < 1.29 is 9.53 Å². The van der Waals surface area contributed by atoms with Crippen molar-refractivity contribution in [1.29, 1.82) is 0 Å². The highest BCUT2D eigenvalue weighted by molar-refractivity contribution is 8.23. The van der Waals surface area contributed by atoms with Gasteiger partial charge in [-0.2, -0.15) is 0 Å². The molecule has 0 saturated carbocycles. The van der Waals surface area contributed by atoms with E-state index in [-0.39, 0.29) is 5.91 Å². The van der Waals surface area contributed by atoms with Crippen LogP contribution in [0.4, 0.5) is 5.69 Å². The summed E-state index contributed by atoms with van der Waals surface area (Å²) in [6, 6.07) is 17.0. The van der Waals surface area contributed by atoms with Gasteiger partial charge in [-0.1, -0.05) is 60.4 Å². The van der Waals surface area contributed by atoms with Crippen LogP contribution in [0.25, 0.3) is 0 Å². The van der Waals surface area contributed by atoms with E-state index in [1.54, 1.807) is 13.2 Å². The molecule has 0 aliphatic heterocycles. The number of hydrogen-bond acceptors (Lipinski definition) is 4. The number of nitrogens with zero attached hydrogens (tertiary/aromatic N) is 1. The van der Waals surface area contributed by atoms with Crippen LogP contribution in [0.2, 0.25) is 0 Å². The Bertz CT molecular complexity index is 734. The van der Waals surface area contributed by atoms with Crippen LogP contribution in [-0.4, -0.2) is 35.3 Å². The molecule has 0 aliphatic rings. The van der Waals surface area contributed by atoms with Crippen LogP contribution >= 0.6 is 24.0 Å². The highest BCUT2D eigenvalue weighted by Gasteiger charge is 2.24. The van der Waals surface area contributed by atoms with Gasteiger partial charge in [0.05, 0.1) is 7.11 Å². The average Bonchev–Trinajstić information content (AvgIpc) is 2.67. The minimum atomic E-state index is -0.421. The van der Waals surface area contributed by atoms with Crippen LogP contribution in [0.5, 0.6) is 5.75 Å². The van der Waals surface area contributed by atoms with Gasteiger partial charge >= 0.3 is 0 Å². The van der Waals surface area contributed by atoms with Crippen molar-refractivity contribution in [3.63, 3.8) is 0 Å². The van der Waals surface area contributed by atoms with Crippen molar-refractivity contribution >= 4 is 39.9 Å². The van der Waals surface area contributed by atoms with E-state index < -0.39 is 5.25 Å². The first kappa shape index (κ1) is 20.3. The summed E-state index contributed by atoms with van der Waals surface area (Å²) in [6.45, 7) is 5.76. The van der Waals surface area contributed by atoms with Gasteiger partial charge in [-0.15, -0.1) is 0 Å². The van der Waals surface area contributed by atoms with Crippen LogP contribution in [0.15, 0.2) is 54.6 Å². The third-order valence-corrected chi connectivity index (χ3v) is 5.65. The Kier molecular flexibility index (Phi) is 7.94. The molecule has 138 valence electrons. The molecule has 1 atom stereocenters. The molecule has 0 spiro atoms. The molecule has 0 radical (unpaired) electrons. The van der Waals surface area contributed by atoms with Crippen LogP contribution in [0.3, 0.4) is 0 Å². The topological polar surface area (TPSA) is 41.6 Å². The van der Waals surface area contributed by atoms with Crippen molar-refractivity contribution in [3.05, 3.63) is 60.2 Å². The standard InChI is InChI=1S/C20H24N2O2S2/c1-4-22(5-2)20(25)26-18(15-10-7-6-8-11-15)19(23)21-16-12-9-13-17(14-16)24-3/h6-14,18H,4-5H2,1-3H3,(H,21,23)/t18-/m1/s1. The molecule has 0 saturated heterocycles. The zero-order valence-electron chi connectivity index (χ0n) is 15.3. The fourth-order valence-corrected chi connectivity index (χ4v) is 4.08. The second-order valence-corrected chi connectivity index (χ2v) is 7.31. The maximum Gasteiger partial charge on any atom is 0.242 e. The summed E-state index contributed by atoms with van der Waals surface area (Å²) in [4.78, 5) is 15.1. The first-order valence-electron chi connectivity index (χ1n) is 8.54. The van der Waals surface area contributed by atoms with E-state index in [0.29, 0.717) is 11.4 Å². The molecule has 0 fully saturated rings. The molecule has 0 aromatic heterocycles. The largest absolute Gasteiger partial charge is 0.497 e. The third kappa shape index (κ3) is 5.47. The SMILES string of the molecule is CCN(CC)C(=S)S[C@@H](C(=O)Nc1cccc(OC)c1)c1ccccc1. The first-order chi connectivity index (χ1) is 12.6. The number of carbonyl (C=O) groups excluding carboxylic acids is 1. The van der Waals surface area contributed by atoms with Crippen LogP contribution in [0.1, 0.15) is 24.7 Å². The van der Waals surface area contributed by atoms with Crippen molar-refractivity contribution in [2.45, 2.75) is 19.1 Å². The average molecular weight is 389 g/mol. The number of carbonyl (C=O) groups is 1. The molecule has 0 heterocycles. The quantitative estimate of drug-likeness (QED) is 0.694. The van der Waals surface area contributed by atoms with Crippen molar-refractivity contribution in [2.24, 2.45) is 0 Å². The van der Waals surface area contributed by atoms with Gasteiger partial charge in [-0.05, 0) is 31.5 Å². The Morgan fingerprint density at radius 2 is 1.85 bits per heavy atom. The minimum Gasteiger partial charge on any atom is -0.497 e. The lowest BCUT2D eigenvalue weighted by Crippen LogP contribution is -2.29. The fraction of sp³-hybridized carbons (Fsp3) is 0.300. The summed E-state index contributed by atoms with van der Waals surface area (Å²) in [7, 11) is 1.60. The Morgan fingerprint density at radius 1 is 1.15 bits per heavy atom. The van der Waals surface area contributed by atoms with Gasteiger partial charge < -0.3 is 15.0 Å². The Morgan fingerprint density at radius 3 is 2.46 bits per heavy atom. The van der Waals surface area contributed by atoms with E-state index in [1.807, 2.05) is 48.5 Å². The van der Waals surface area contributed by atoms with Crippen LogP contribution in [-0.2, 0) is 4.79 Å². The number of ether oxygens (including phenoxy) is 1. The van der Waals surface area contributed by atoms with Gasteiger partial charge in [0.1, 0.15) is 15.3 Å². The summed E-state index contributed by atoms with van der Waals surface area (Å²) >= 11 is 6.97. The van der Waals surface area contributed by atoms with Gasteiger partial charge in [-0.25, -0.2) is 0 Å². The number of methoxy groups -OCH3 is 1. The Labute approximate surface area is 164 Å². The van der Waals surface area contributed by atoms with Crippen molar-refractivity contribution in [2.75, 3.05) is 25.5 Å². The second-order valence-electron chi connectivity index (χ2n) is 5.57. The molecule has 2 aromatic carbocycles. The first-order valence-corrected chi connectivity index (χ1v) is 9.83. The zero-order valence-corrected chi connectivity index (χ0v) is 16.9. The Balaban J connectivity index is 2.22. The van der Waals surface area contributed by atoms with Gasteiger partial charge in [-0.3, -0.25) is 4.79 Å². The highest BCUT2D eigenvalue weighted by atomic mass is 32.2. The smallest absolute Gasteiger partial charge is 0.242 e. The number of thioether (sulfide) groups is 1. The Hall–Kier alpha value is -2.05. The maximum atomic E-state index is 13.0. The molecule has 2 aromatic rings. The monoisotopic (exact) mass is 388 g/mol. The number of benzene rings is 2. The predicted octanol–water partition coefficient (Wildman–Crippen LogP) is 4.73. The molecule has 1 N–H and O–H groups in total. The lowest BCUT2D eigenvalue weighted by atomic mass is 10.1. The maximum absolute atomic E-state index is 13.0. The van der Waals surface area contributed by atoms with Gasteiger partial charge in [0, 0.05) is 24.8 Å². The van der Waals surface area contributed by atoms with Crippen molar-refractivity contribution in [1.82, 2.24) is 4.90 Å². The van der Waals surface area contributed by atoms with Gasteiger partial charge in [0.25, 0.3) is 0 Å². The lowest BCUT2D eigenvalue weighted by Gasteiger charge is -2.24. The van der Waals surface area contributed by atoms with Gasteiger partial charge in [0.15, 0.2) is 0 Å². The van der Waals surface area contributed by atoms with E-state index in [0.717, 1.165) is 23.0 Å². The predicted molar refractivity (Wildman–Crippen MR) is 114 cm³/mol. The van der Waals surface area contributed by atoms with Crippen LogP contribution in [0, 0.1) is 0 Å². The molecule has 4 nitrogen and oxygen atoms in total. The normalized spacial score (nSPS) is 11.5. The van der Waals surface area contributed by atoms with E-state index in [9.17, 15) is 4.79 Å². The summed E-state index contributed by atoms with van der Waals surface area (Å²) in [5.74, 6) is 0.592. The minimum absolute atomic E-state index is 0.107. The number of nitrogens with one attached hydrogen (secondary N) is 1. The van der Waals surface area contributed by atoms with E-state index in [2.05, 4.69) is 24.1 Å². The second kappa shape index (κ2) is 10.2. The molecule has 26 heavy (non-hydrogen) atoms. The van der Waals surface area contributed by atoms with Crippen molar-refractivity contribution in [3.8, 4) is 5.75 Å². The number of rotatable bonds is 7. The van der Waals surface area contributed by atoms with E-state index in [4.69, 9.17) is 17.0 Å². The zero-order chi connectivity index (χ0) is 18.9. The molecule has 2 rings (SSSR count). The highest BCUT2D eigenvalue weighted by Crippen LogP contribution is 2.32. The number of anilines is 1. The molecule has 0 unspecified atom stereocenters. The summed E-state index contributed by atoms with van der Waals surface area (Å²) in [5, 5.41) is 2.56. The summed E-state index contributed by atoms with van der Waals surface area (Å²) in [5.41, 5.74) is 1.62. The number of hydrogen-bond donors (Lipinski definition) is 1. The number of amides is 1. The molecular weight excluding hydrogens is 364 g/mol.